The van der Waals surface area contributed by atoms with Gasteiger partial charge >= 0.3 is 6.09 Å². The quantitative estimate of drug-likeness (QED) is 0.829. The molecule has 0 saturated carbocycles. The Morgan fingerprint density at radius 2 is 2.10 bits per heavy atom. The lowest BCUT2D eigenvalue weighted by Gasteiger charge is -2.16. The van der Waals surface area contributed by atoms with Gasteiger partial charge in [-0.05, 0) is 18.6 Å². The van der Waals surface area contributed by atoms with Crippen LogP contribution in [0, 0.1) is 0 Å². The molecule has 114 valence electrons. The van der Waals surface area contributed by atoms with E-state index in [9.17, 15) is 9.59 Å². The Balaban J connectivity index is 1.91. The third kappa shape index (κ3) is 3.95. The maximum atomic E-state index is 12.3. The van der Waals surface area contributed by atoms with Crippen LogP contribution in [0.15, 0.2) is 24.3 Å². The number of hydrogen-bond acceptors (Lipinski definition) is 5. The summed E-state index contributed by atoms with van der Waals surface area (Å²) in [4.78, 5) is 25.5. The number of amides is 1. The van der Waals surface area contributed by atoms with E-state index in [0.717, 1.165) is 13.0 Å². The zero-order chi connectivity index (χ0) is 15.2. The monoisotopic (exact) mass is 292 g/mol. The molecule has 1 amide bonds. The van der Waals surface area contributed by atoms with Crippen LogP contribution in [0.4, 0.5) is 4.79 Å². The molecular formula is C15H20N2O4. The van der Waals surface area contributed by atoms with E-state index in [0.29, 0.717) is 24.4 Å². The van der Waals surface area contributed by atoms with Crippen LogP contribution in [0.5, 0.6) is 5.75 Å². The molecule has 1 N–H and O–H groups in total. The number of carbonyl (C=O) groups is 2. The molecule has 1 aliphatic heterocycles. The van der Waals surface area contributed by atoms with Crippen molar-refractivity contribution in [2.75, 3.05) is 33.9 Å². The number of rotatable bonds is 5. The van der Waals surface area contributed by atoms with Gasteiger partial charge in [-0.15, -0.1) is 0 Å². The Bertz CT molecular complexity index is 518. The van der Waals surface area contributed by atoms with Crippen LogP contribution in [0.25, 0.3) is 0 Å². The fourth-order valence-electron chi connectivity index (χ4n) is 2.48. The van der Waals surface area contributed by atoms with E-state index >= 15 is 0 Å². The van der Waals surface area contributed by atoms with Crippen LogP contribution in [0.1, 0.15) is 16.8 Å². The molecule has 0 bridgehead atoms. The summed E-state index contributed by atoms with van der Waals surface area (Å²) in [6.45, 7) is 1.74. The second kappa shape index (κ2) is 7.08. The molecule has 1 aromatic carbocycles. The first-order chi connectivity index (χ1) is 10.1. The molecule has 1 fully saturated rings. The average molecular weight is 292 g/mol. The maximum absolute atomic E-state index is 12.3. The normalized spacial score (nSPS) is 18.3. The lowest BCUT2D eigenvalue weighted by atomic mass is 10.1. The van der Waals surface area contributed by atoms with Crippen LogP contribution < -0.4 is 10.1 Å². The highest BCUT2D eigenvalue weighted by Gasteiger charge is 2.26. The van der Waals surface area contributed by atoms with Crippen LogP contribution in [0.2, 0.25) is 0 Å². The number of hydrogen-bond donors (Lipinski definition) is 1. The predicted molar refractivity (Wildman–Crippen MR) is 77.7 cm³/mol. The minimum Gasteiger partial charge on any atom is -0.496 e. The Hall–Kier alpha value is -2.08. The van der Waals surface area contributed by atoms with Gasteiger partial charge in [0.2, 0.25) is 0 Å². The van der Waals surface area contributed by atoms with Gasteiger partial charge in [-0.3, -0.25) is 9.69 Å². The number of alkyl carbamates (subject to hydrolysis) is 1. The largest absolute Gasteiger partial charge is 0.496 e. The number of likely N-dealkylation sites (tertiary alicyclic amines) is 1. The van der Waals surface area contributed by atoms with Gasteiger partial charge in [-0.1, -0.05) is 12.1 Å². The number of benzene rings is 1. The first-order valence-electron chi connectivity index (χ1n) is 6.87. The molecule has 1 aromatic rings. The molecule has 0 aliphatic carbocycles. The van der Waals surface area contributed by atoms with Crippen molar-refractivity contribution >= 4 is 11.9 Å². The molecule has 21 heavy (non-hydrogen) atoms. The van der Waals surface area contributed by atoms with E-state index in [4.69, 9.17) is 4.74 Å². The van der Waals surface area contributed by atoms with Crippen molar-refractivity contribution in [2.24, 2.45) is 0 Å². The van der Waals surface area contributed by atoms with E-state index in [1.165, 1.54) is 7.11 Å². The molecule has 6 nitrogen and oxygen atoms in total. The molecule has 1 heterocycles. The Labute approximate surface area is 124 Å². The number of ether oxygens (including phenoxy) is 2. The summed E-state index contributed by atoms with van der Waals surface area (Å²) >= 11 is 0. The summed E-state index contributed by atoms with van der Waals surface area (Å²) in [7, 11) is 2.89. The van der Waals surface area contributed by atoms with E-state index in [-0.39, 0.29) is 11.8 Å². The highest BCUT2D eigenvalue weighted by molar-refractivity contribution is 6.00. The van der Waals surface area contributed by atoms with Crippen molar-refractivity contribution in [2.45, 2.75) is 12.5 Å². The number of nitrogens with one attached hydrogen (secondary N) is 1. The second-order valence-electron chi connectivity index (χ2n) is 4.98. The molecule has 0 radical (unpaired) electrons. The highest BCUT2D eigenvalue weighted by Crippen LogP contribution is 2.19. The van der Waals surface area contributed by atoms with Crippen molar-refractivity contribution in [1.82, 2.24) is 10.2 Å². The lowest BCUT2D eigenvalue weighted by Crippen LogP contribution is -2.38. The standard InChI is InChI=1S/C15H20N2O4/c1-20-14-6-4-3-5-12(14)13(18)10-17-8-7-11(9-17)16-15(19)21-2/h3-6,11H,7-10H2,1-2H3,(H,16,19). The summed E-state index contributed by atoms with van der Waals surface area (Å²) in [6, 6.07) is 7.23. The number of nitrogens with zero attached hydrogens (tertiary/aromatic N) is 1. The summed E-state index contributed by atoms with van der Waals surface area (Å²) in [5.41, 5.74) is 0.587. The lowest BCUT2D eigenvalue weighted by molar-refractivity contribution is 0.0941. The van der Waals surface area contributed by atoms with Crippen molar-refractivity contribution in [3.8, 4) is 5.75 Å². The molecular weight excluding hydrogens is 272 g/mol. The Morgan fingerprint density at radius 1 is 1.33 bits per heavy atom. The maximum Gasteiger partial charge on any atom is 0.407 e. The Kier molecular flexibility index (Phi) is 5.16. The highest BCUT2D eigenvalue weighted by atomic mass is 16.5. The van der Waals surface area contributed by atoms with Crippen LogP contribution in [-0.4, -0.2) is 56.7 Å². The summed E-state index contributed by atoms with van der Waals surface area (Å²) in [5.74, 6) is 0.608. The van der Waals surface area contributed by atoms with Gasteiger partial charge < -0.3 is 14.8 Å². The van der Waals surface area contributed by atoms with Gasteiger partial charge in [-0.2, -0.15) is 0 Å². The van der Waals surface area contributed by atoms with Gasteiger partial charge in [0.1, 0.15) is 5.75 Å². The van der Waals surface area contributed by atoms with Crippen molar-refractivity contribution in [1.29, 1.82) is 0 Å². The molecule has 1 atom stereocenters. The van der Waals surface area contributed by atoms with E-state index in [1.807, 2.05) is 17.0 Å². The van der Waals surface area contributed by atoms with Crippen molar-refractivity contribution in [3.05, 3.63) is 29.8 Å². The molecule has 1 unspecified atom stereocenters. The smallest absolute Gasteiger partial charge is 0.407 e. The third-order valence-corrected chi connectivity index (χ3v) is 3.55. The van der Waals surface area contributed by atoms with Gasteiger partial charge in [0.25, 0.3) is 0 Å². The first kappa shape index (κ1) is 15.3. The van der Waals surface area contributed by atoms with Gasteiger partial charge in [-0.25, -0.2) is 4.79 Å². The molecule has 0 spiro atoms. The SMILES string of the molecule is COC(=O)NC1CCN(CC(=O)c2ccccc2OC)C1. The predicted octanol–water partition coefficient (Wildman–Crippen LogP) is 1.31. The van der Waals surface area contributed by atoms with E-state index < -0.39 is 6.09 Å². The second-order valence-corrected chi connectivity index (χ2v) is 4.98. The van der Waals surface area contributed by atoms with Crippen LogP contribution in [0.3, 0.4) is 0 Å². The fraction of sp³-hybridized carbons (Fsp3) is 0.467. The van der Waals surface area contributed by atoms with Gasteiger partial charge in [0.05, 0.1) is 26.3 Å². The number of carbonyl (C=O) groups excluding carboxylic acids is 2. The number of methoxy groups -OCH3 is 2. The third-order valence-electron chi connectivity index (χ3n) is 3.55. The van der Waals surface area contributed by atoms with Gasteiger partial charge in [0, 0.05) is 19.1 Å². The molecule has 2 rings (SSSR count). The van der Waals surface area contributed by atoms with Crippen molar-refractivity contribution < 1.29 is 19.1 Å². The number of para-hydroxylation sites is 1. The van der Waals surface area contributed by atoms with Crippen LogP contribution in [-0.2, 0) is 4.74 Å². The van der Waals surface area contributed by atoms with Crippen LogP contribution >= 0.6 is 0 Å². The average Bonchev–Trinajstić information content (AvgIpc) is 2.93. The molecule has 1 aliphatic rings. The van der Waals surface area contributed by atoms with E-state index in [2.05, 4.69) is 10.1 Å². The number of ketones is 1. The zero-order valence-corrected chi connectivity index (χ0v) is 12.3. The molecule has 1 saturated heterocycles. The summed E-state index contributed by atoms with van der Waals surface area (Å²) in [5, 5.41) is 2.76. The first-order valence-corrected chi connectivity index (χ1v) is 6.87. The van der Waals surface area contributed by atoms with Crippen molar-refractivity contribution in [3.63, 3.8) is 0 Å². The Morgan fingerprint density at radius 3 is 2.81 bits per heavy atom. The van der Waals surface area contributed by atoms with E-state index in [1.54, 1.807) is 19.2 Å². The summed E-state index contributed by atoms with van der Waals surface area (Å²) in [6.07, 6.45) is 0.381. The summed E-state index contributed by atoms with van der Waals surface area (Å²) < 4.78 is 9.78. The zero-order valence-electron chi connectivity index (χ0n) is 12.3. The number of Topliss-reactive ketones (excluding diaryl/α,β-unsaturated/α-hetero) is 1. The van der Waals surface area contributed by atoms with Gasteiger partial charge in [0.15, 0.2) is 5.78 Å². The molecule has 6 heteroatoms. The minimum absolute atomic E-state index is 0.0196. The topological polar surface area (TPSA) is 67.9 Å². The molecule has 0 aromatic heterocycles. The fourth-order valence-corrected chi connectivity index (χ4v) is 2.48. The minimum atomic E-state index is -0.432.